The standard InChI is InChI=1S/C14H21N3O5/c15-5-1-2-10(16)13(20)22-14(21)11(17)6-8-3-4-9(18)7-12(8)19/h3-4,7,10-11,18-19H,1-2,5-6,15-17H2/t10-,11-/m0/s1. The molecule has 1 aromatic rings. The van der Waals surface area contributed by atoms with Crippen LogP contribution in [0.4, 0.5) is 0 Å². The molecular weight excluding hydrogens is 290 g/mol. The lowest BCUT2D eigenvalue weighted by atomic mass is 10.1. The fraction of sp³-hybridized carbons (Fsp3) is 0.429. The summed E-state index contributed by atoms with van der Waals surface area (Å²) >= 11 is 0. The summed E-state index contributed by atoms with van der Waals surface area (Å²) in [5.74, 6) is -2.10. The van der Waals surface area contributed by atoms with Crippen molar-refractivity contribution in [2.45, 2.75) is 31.3 Å². The van der Waals surface area contributed by atoms with Gasteiger partial charge in [0, 0.05) is 12.5 Å². The van der Waals surface area contributed by atoms with Gasteiger partial charge in [-0.15, -0.1) is 0 Å². The molecule has 0 saturated heterocycles. The number of aromatic hydroxyl groups is 2. The van der Waals surface area contributed by atoms with Gasteiger partial charge in [0.2, 0.25) is 0 Å². The zero-order valence-electron chi connectivity index (χ0n) is 12.1. The number of rotatable bonds is 7. The van der Waals surface area contributed by atoms with Crippen LogP contribution in [0.25, 0.3) is 0 Å². The predicted octanol–water partition coefficient (Wildman–Crippen LogP) is -0.896. The van der Waals surface area contributed by atoms with Crippen LogP contribution in [0.3, 0.4) is 0 Å². The Morgan fingerprint density at radius 2 is 1.77 bits per heavy atom. The van der Waals surface area contributed by atoms with Gasteiger partial charge in [-0.3, -0.25) is 0 Å². The fourth-order valence-corrected chi connectivity index (χ4v) is 1.75. The van der Waals surface area contributed by atoms with E-state index in [1.807, 2.05) is 0 Å². The average molecular weight is 311 g/mol. The molecule has 8 nitrogen and oxygen atoms in total. The van der Waals surface area contributed by atoms with Gasteiger partial charge in [0.25, 0.3) is 0 Å². The van der Waals surface area contributed by atoms with Crippen molar-refractivity contribution >= 4 is 11.9 Å². The van der Waals surface area contributed by atoms with E-state index in [-0.39, 0.29) is 17.9 Å². The molecule has 0 bridgehead atoms. The smallest absolute Gasteiger partial charge is 0.330 e. The van der Waals surface area contributed by atoms with E-state index >= 15 is 0 Å². The van der Waals surface area contributed by atoms with E-state index in [9.17, 15) is 19.8 Å². The van der Waals surface area contributed by atoms with Crippen LogP contribution in [-0.4, -0.2) is 40.8 Å². The molecule has 0 aliphatic heterocycles. The van der Waals surface area contributed by atoms with Crippen molar-refractivity contribution in [2.75, 3.05) is 6.54 Å². The number of esters is 2. The van der Waals surface area contributed by atoms with E-state index in [4.69, 9.17) is 17.2 Å². The average Bonchev–Trinajstić information content (AvgIpc) is 2.47. The number of benzene rings is 1. The Labute approximate surface area is 127 Å². The Hall–Kier alpha value is -2.16. The molecule has 0 aliphatic carbocycles. The van der Waals surface area contributed by atoms with Gasteiger partial charge in [0.05, 0.1) is 0 Å². The topological polar surface area (TPSA) is 162 Å². The summed E-state index contributed by atoms with van der Waals surface area (Å²) in [6.07, 6.45) is 0.810. The Bertz CT molecular complexity index is 535. The normalized spacial score (nSPS) is 13.4. The molecular formula is C14H21N3O5. The Kier molecular flexibility index (Phi) is 6.77. The van der Waals surface area contributed by atoms with Crippen molar-refractivity contribution in [1.29, 1.82) is 0 Å². The molecule has 0 saturated carbocycles. The minimum atomic E-state index is -1.14. The molecule has 8 heteroatoms. The van der Waals surface area contributed by atoms with Crippen molar-refractivity contribution in [3.63, 3.8) is 0 Å². The summed E-state index contributed by atoms with van der Waals surface area (Å²) in [6.45, 7) is 0.384. The van der Waals surface area contributed by atoms with E-state index in [0.717, 1.165) is 6.07 Å². The third-order valence-electron chi connectivity index (χ3n) is 3.03. The van der Waals surface area contributed by atoms with Crippen LogP contribution < -0.4 is 17.2 Å². The second-order valence-electron chi connectivity index (χ2n) is 4.90. The monoisotopic (exact) mass is 311 g/mol. The molecule has 8 N–H and O–H groups in total. The molecule has 2 atom stereocenters. The lowest BCUT2D eigenvalue weighted by Crippen LogP contribution is -2.40. The van der Waals surface area contributed by atoms with Gasteiger partial charge in [-0.2, -0.15) is 0 Å². The molecule has 0 aliphatic rings. The minimum absolute atomic E-state index is 0.0454. The van der Waals surface area contributed by atoms with Crippen LogP contribution >= 0.6 is 0 Å². The van der Waals surface area contributed by atoms with Crippen LogP contribution in [0, 0.1) is 0 Å². The maximum absolute atomic E-state index is 11.7. The van der Waals surface area contributed by atoms with Crippen LogP contribution in [0.15, 0.2) is 18.2 Å². The van der Waals surface area contributed by atoms with Gasteiger partial charge in [-0.05, 0) is 31.0 Å². The lowest BCUT2D eigenvalue weighted by molar-refractivity contribution is -0.161. The molecule has 22 heavy (non-hydrogen) atoms. The summed E-state index contributed by atoms with van der Waals surface area (Å²) in [4.78, 5) is 23.3. The first-order valence-electron chi connectivity index (χ1n) is 6.82. The highest BCUT2D eigenvalue weighted by molar-refractivity contribution is 5.90. The Morgan fingerprint density at radius 3 is 2.36 bits per heavy atom. The number of hydrogen-bond acceptors (Lipinski definition) is 8. The highest BCUT2D eigenvalue weighted by atomic mass is 16.6. The van der Waals surface area contributed by atoms with E-state index in [0.29, 0.717) is 24.9 Å². The van der Waals surface area contributed by atoms with Gasteiger partial charge < -0.3 is 32.2 Å². The van der Waals surface area contributed by atoms with Gasteiger partial charge in [0.1, 0.15) is 23.6 Å². The Balaban J connectivity index is 2.56. The SMILES string of the molecule is NCCC[C@H](N)C(=O)OC(=O)[C@@H](N)Cc1ccc(O)cc1O. The first kappa shape index (κ1) is 17.9. The fourth-order valence-electron chi connectivity index (χ4n) is 1.75. The van der Waals surface area contributed by atoms with Crippen LogP contribution in [0.5, 0.6) is 11.5 Å². The number of hydrogen-bond donors (Lipinski definition) is 5. The molecule has 0 amide bonds. The van der Waals surface area contributed by atoms with Crippen LogP contribution in [0.1, 0.15) is 18.4 Å². The van der Waals surface area contributed by atoms with E-state index in [1.165, 1.54) is 12.1 Å². The quantitative estimate of drug-likeness (QED) is 0.320. The zero-order valence-corrected chi connectivity index (χ0v) is 12.1. The molecule has 0 aromatic heterocycles. The predicted molar refractivity (Wildman–Crippen MR) is 78.8 cm³/mol. The summed E-state index contributed by atoms with van der Waals surface area (Å²) in [5, 5.41) is 18.8. The first-order valence-corrected chi connectivity index (χ1v) is 6.82. The number of carbonyl (C=O) groups excluding carboxylic acids is 2. The Morgan fingerprint density at radius 1 is 1.14 bits per heavy atom. The largest absolute Gasteiger partial charge is 0.508 e. The minimum Gasteiger partial charge on any atom is -0.508 e. The highest BCUT2D eigenvalue weighted by Gasteiger charge is 2.23. The van der Waals surface area contributed by atoms with Crippen molar-refractivity contribution in [3.8, 4) is 11.5 Å². The maximum atomic E-state index is 11.7. The molecule has 1 rings (SSSR count). The van der Waals surface area contributed by atoms with Gasteiger partial charge in [-0.25, -0.2) is 9.59 Å². The lowest BCUT2D eigenvalue weighted by Gasteiger charge is -2.14. The number of phenols is 2. The summed E-state index contributed by atoms with van der Waals surface area (Å²) in [7, 11) is 0. The second kappa shape index (κ2) is 8.32. The van der Waals surface area contributed by atoms with Crippen LogP contribution in [0.2, 0.25) is 0 Å². The molecule has 0 radical (unpaired) electrons. The molecule has 122 valence electrons. The summed E-state index contributed by atoms with van der Waals surface area (Å²) in [6, 6.07) is 1.83. The maximum Gasteiger partial charge on any atom is 0.330 e. The molecule has 0 heterocycles. The molecule has 0 spiro atoms. The third kappa shape index (κ3) is 5.32. The van der Waals surface area contributed by atoms with Crippen molar-refractivity contribution < 1.29 is 24.5 Å². The summed E-state index contributed by atoms with van der Waals surface area (Å²) in [5.41, 5.74) is 16.8. The van der Waals surface area contributed by atoms with Gasteiger partial charge >= 0.3 is 11.9 Å². The second-order valence-corrected chi connectivity index (χ2v) is 4.90. The van der Waals surface area contributed by atoms with E-state index in [1.54, 1.807) is 0 Å². The van der Waals surface area contributed by atoms with Gasteiger partial charge in [0.15, 0.2) is 0 Å². The number of phenolic OH excluding ortho intramolecular Hbond substituents is 2. The van der Waals surface area contributed by atoms with Crippen molar-refractivity contribution in [3.05, 3.63) is 23.8 Å². The van der Waals surface area contributed by atoms with E-state index in [2.05, 4.69) is 4.74 Å². The van der Waals surface area contributed by atoms with Crippen molar-refractivity contribution in [2.24, 2.45) is 17.2 Å². The molecule has 0 fully saturated rings. The van der Waals surface area contributed by atoms with Gasteiger partial charge in [-0.1, -0.05) is 6.07 Å². The number of carbonyl (C=O) groups is 2. The highest BCUT2D eigenvalue weighted by Crippen LogP contribution is 2.23. The third-order valence-corrected chi connectivity index (χ3v) is 3.03. The van der Waals surface area contributed by atoms with Crippen LogP contribution in [-0.2, 0) is 20.7 Å². The summed E-state index contributed by atoms with van der Waals surface area (Å²) < 4.78 is 4.61. The van der Waals surface area contributed by atoms with Crippen molar-refractivity contribution in [1.82, 2.24) is 0 Å². The van der Waals surface area contributed by atoms with E-state index < -0.39 is 24.0 Å². The molecule has 0 unspecified atom stereocenters. The number of nitrogens with two attached hydrogens (primary N) is 3. The zero-order chi connectivity index (χ0) is 16.7. The molecule has 1 aromatic carbocycles. The number of ether oxygens (including phenoxy) is 1. The first-order chi connectivity index (χ1) is 10.3.